The molecule has 2 aromatic carbocycles. The minimum Gasteiger partial charge on any atom is -0.497 e. The molecule has 2 rings (SSSR count). The highest BCUT2D eigenvalue weighted by Gasteiger charge is 2.07. The van der Waals surface area contributed by atoms with Gasteiger partial charge in [-0.05, 0) is 42.7 Å². The van der Waals surface area contributed by atoms with E-state index < -0.39 is 0 Å². The third-order valence-electron chi connectivity index (χ3n) is 3.67. The maximum absolute atomic E-state index is 12.0. The van der Waals surface area contributed by atoms with Gasteiger partial charge in [-0.25, -0.2) is 0 Å². The number of hydrogen-bond donors (Lipinski definition) is 1. The molecule has 5 heteroatoms. The molecule has 0 aliphatic rings. The van der Waals surface area contributed by atoms with Crippen LogP contribution in [0.2, 0.25) is 0 Å². The summed E-state index contributed by atoms with van der Waals surface area (Å²) in [4.78, 5) is 12.0. The van der Waals surface area contributed by atoms with Gasteiger partial charge in [0.1, 0.15) is 5.75 Å². The van der Waals surface area contributed by atoms with Crippen molar-refractivity contribution in [2.75, 3.05) is 26.6 Å². The Morgan fingerprint density at radius 2 is 1.75 bits per heavy atom. The normalized spacial score (nSPS) is 10.1. The summed E-state index contributed by atoms with van der Waals surface area (Å²) in [6, 6.07) is 13.1. The largest absolute Gasteiger partial charge is 0.497 e. The van der Waals surface area contributed by atoms with E-state index in [1.807, 2.05) is 36.4 Å². The molecule has 0 radical (unpaired) electrons. The molecule has 1 N–H and O–H groups in total. The Labute approximate surface area is 142 Å². The summed E-state index contributed by atoms with van der Waals surface area (Å²) in [5.41, 5.74) is 1.85. The van der Waals surface area contributed by atoms with Crippen LogP contribution in [-0.2, 0) is 11.2 Å². The Kier molecular flexibility index (Phi) is 6.49. The predicted octanol–water partition coefficient (Wildman–Crippen LogP) is 3.67. The molecule has 2 aromatic rings. The lowest BCUT2D eigenvalue weighted by Gasteiger charge is -2.10. The second kappa shape index (κ2) is 8.82. The zero-order valence-electron chi connectivity index (χ0n) is 14.3. The predicted molar refractivity (Wildman–Crippen MR) is 94.1 cm³/mol. The highest BCUT2D eigenvalue weighted by Crippen LogP contribution is 2.28. The molecule has 0 saturated heterocycles. The summed E-state index contributed by atoms with van der Waals surface area (Å²) in [5, 5.41) is 2.88. The van der Waals surface area contributed by atoms with Crippen molar-refractivity contribution < 1.29 is 19.0 Å². The van der Waals surface area contributed by atoms with Crippen LogP contribution in [0.15, 0.2) is 42.5 Å². The number of nitrogens with one attached hydrogen (secondary N) is 1. The number of hydrogen-bond acceptors (Lipinski definition) is 4. The van der Waals surface area contributed by atoms with Crippen molar-refractivity contribution in [3.05, 3.63) is 48.0 Å². The van der Waals surface area contributed by atoms with Gasteiger partial charge in [-0.15, -0.1) is 0 Å². The zero-order valence-corrected chi connectivity index (χ0v) is 14.3. The molecule has 0 heterocycles. The van der Waals surface area contributed by atoms with Crippen molar-refractivity contribution in [3.8, 4) is 17.2 Å². The Morgan fingerprint density at radius 3 is 2.46 bits per heavy atom. The van der Waals surface area contributed by atoms with Crippen LogP contribution in [0.5, 0.6) is 17.2 Å². The molecule has 0 spiro atoms. The van der Waals surface area contributed by atoms with Crippen molar-refractivity contribution in [3.63, 3.8) is 0 Å². The van der Waals surface area contributed by atoms with Crippen molar-refractivity contribution >= 4 is 11.6 Å². The van der Waals surface area contributed by atoms with Crippen LogP contribution in [0, 0.1) is 0 Å². The van der Waals surface area contributed by atoms with Crippen LogP contribution in [0.25, 0.3) is 0 Å². The summed E-state index contributed by atoms with van der Waals surface area (Å²) in [6.45, 7) is 0. The van der Waals surface area contributed by atoms with Crippen LogP contribution in [0.4, 0.5) is 5.69 Å². The second-order valence-corrected chi connectivity index (χ2v) is 5.32. The lowest BCUT2D eigenvalue weighted by atomic mass is 10.1. The average molecular weight is 329 g/mol. The monoisotopic (exact) mass is 329 g/mol. The molecule has 0 unspecified atom stereocenters. The Balaban J connectivity index is 1.84. The molecule has 5 nitrogen and oxygen atoms in total. The van der Waals surface area contributed by atoms with Gasteiger partial charge < -0.3 is 19.5 Å². The molecular weight excluding hydrogens is 306 g/mol. The maximum Gasteiger partial charge on any atom is 0.224 e. The average Bonchev–Trinajstić information content (AvgIpc) is 2.61. The summed E-state index contributed by atoms with van der Waals surface area (Å²) < 4.78 is 15.7. The molecule has 24 heavy (non-hydrogen) atoms. The van der Waals surface area contributed by atoms with Gasteiger partial charge in [-0.1, -0.05) is 12.1 Å². The topological polar surface area (TPSA) is 56.8 Å². The number of benzene rings is 2. The molecule has 0 bridgehead atoms. The van der Waals surface area contributed by atoms with E-state index in [9.17, 15) is 4.79 Å². The Hall–Kier alpha value is -2.69. The second-order valence-electron chi connectivity index (χ2n) is 5.32. The van der Waals surface area contributed by atoms with Gasteiger partial charge >= 0.3 is 0 Å². The van der Waals surface area contributed by atoms with Crippen LogP contribution >= 0.6 is 0 Å². The fraction of sp³-hybridized carbons (Fsp3) is 0.316. The molecule has 0 fully saturated rings. The van der Waals surface area contributed by atoms with Gasteiger partial charge in [0.15, 0.2) is 11.5 Å². The number of aryl methyl sites for hydroxylation is 1. The third-order valence-corrected chi connectivity index (χ3v) is 3.67. The van der Waals surface area contributed by atoms with Crippen molar-refractivity contribution in [2.24, 2.45) is 0 Å². The molecule has 1 amide bonds. The van der Waals surface area contributed by atoms with Crippen LogP contribution < -0.4 is 19.5 Å². The standard InChI is InChI=1S/C19H23NO4/c1-22-16-8-5-7-15(13-16)20-19(21)9-4-6-14-10-11-17(23-2)18(12-14)24-3/h5,7-8,10-13H,4,6,9H2,1-3H3,(H,20,21). The van der Waals surface area contributed by atoms with E-state index in [-0.39, 0.29) is 5.91 Å². The molecule has 128 valence electrons. The zero-order chi connectivity index (χ0) is 17.4. The molecule has 0 saturated carbocycles. The van der Waals surface area contributed by atoms with Crippen molar-refractivity contribution in [2.45, 2.75) is 19.3 Å². The first-order chi connectivity index (χ1) is 11.7. The number of methoxy groups -OCH3 is 3. The lowest BCUT2D eigenvalue weighted by Crippen LogP contribution is -2.11. The van der Waals surface area contributed by atoms with Gasteiger partial charge in [0.25, 0.3) is 0 Å². The molecular formula is C19H23NO4. The van der Waals surface area contributed by atoms with Crippen molar-refractivity contribution in [1.82, 2.24) is 0 Å². The van der Waals surface area contributed by atoms with E-state index in [0.29, 0.717) is 17.9 Å². The minimum absolute atomic E-state index is 0.0104. The fourth-order valence-corrected chi connectivity index (χ4v) is 2.41. The lowest BCUT2D eigenvalue weighted by molar-refractivity contribution is -0.116. The van der Waals surface area contributed by atoms with Crippen LogP contribution in [0.3, 0.4) is 0 Å². The van der Waals surface area contributed by atoms with Crippen molar-refractivity contribution in [1.29, 1.82) is 0 Å². The first-order valence-corrected chi connectivity index (χ1v) is 7.81. The molecule has 0 atom stereocenters. The number of ether oxygens (including phenoxy) is 3. The van der Waals surface area contributed by atoms with Gasteiger partial charge in [0.2, 0.25) is 5.91 Å². The maximum atomic E-state index is 12.0. The van der Waals surface area contributed by atoms with E-state index in [0.717, 1.165) is 29.8 Å². The summed E-state index contributed by atoms with van der Waals surface area (Å²) >= 11 is 0. The van der Waals surface area contributed by atoms with Gasteiger partial charge in [-0.2, -0.15) is 0 Å². The quantitative estimate of drug-likeness (QED) is 0.803. The van der Waals surface area contributed by atoms with E-state index in [4.69, 9.17) is 14.2 Å². The van der Waals surface area contributed by atoms with E-state index in [1.165, 1.54) is 0 Å². The number of carbonyl (C=O) groups is 1. The first kappa shape index (κ1) is 17.7. The third kappa shape index (κ3) is 4.91. The number of carbonyl (C=O) groups excluding carboxylic acids is 1. The smallest absolute Gasteiger partial charge is 0.224 e. The first-order valence-electron chi connectivity index (χ1n) is 7.81. The highest BCUT2D eigenvalue weighted by atomic mass is 16.5. The summed E-state index contributed by atoms with van der Waals surface area (Å²) in [5.74, 6) is 2.12. The summed E-state index contributed by atoms with van der Waals surface area (Å²) in [7, 11) is 4.83. The van der Waals surface area contributed by atoms with Crippen LogP contribution in [-0.4, -0.2) is 27.2 Å². The number of amides is 1. The Morgan fingerprint density at radius 1 is 0.958 bits per heavy atom. The van der Waals surface area contributed by atoms with Gasteiger partial charge in [-0.3, -0.25) is 4.79 Å². The van der Waals surface area contributed by atoms with E-state index in [2.05, 4.69) is 5.32 Å². The van der Waals surface area contributed by atoms with Gasteiger partial charge in [0.05, 0.1) is 21.3 Å². The molecule has 0 aliphatic heterocycles. The van der Waals surface area contributed by atoms with Gasteiger partial charge in [0, 0.05) is 18.2 Å². The fourth-order valence-electron chi connectivity index (χ4n) is 2.41. The SMILES string of the molecule is COc1cccc(NC(=O)CCCc2ccc(OC)c(OC)c2)c1. The minimum atomic E-state index is -0.0104. The highest BCUT2D eigenvalue weighted by molar-refractivity contribution is 5.90. The molecule has 0 aromatic heterocycles. The summed E-state index contributed by atoms with van der Waals surface area (Å²) in [6.07, 6.45) is 2.00. The Bertz CT molecular complexity index is 685. The number of rotatable bonds is 8. The number of anilines is 1. The molecule has 0 aliphatic carbocycles. The van der Waals surface area contributed by atoms with E-state index in [1.54, 1.807) is 27.4 Å². The van der Waals surface area contributed by atoms with E-state index >= 15 is 0 Å². The van der Waals surface area contributed by atoms with Crippen LogP contribution in [0.1, 0.15) is 18.4 Å².